The number of carbonyl (C=O) groups is 1. The standard InChI is InChI=1S/C25H18BrNO3/c1-2-15-8-10-16(11-9-15)22-21-23(28)19-14-17(26)12-13-20(19)30-24(21)25(29)27(22)18-6-4-3-5-7-18/h3-14,22H,2H2,1H3. The molecule has 0 fully saturated rings. The minimum absolute atomic E-state index is 0.114. The lowest BCUT2D eigenvalue weighted by atomic mass is 9.97. The number of anilines is 1. The van der Waals surface area contributed by atoms with Crippen LogP contribution in [-0.2, 0) is 6.42 Å². The van der Waals surface area contributed by atoms with E-state index in [1.807, 2.05) is 54.6 Å². The van der Waals surface area contributed by atoms with Gasteiger partial charge in [0.05, 0.1) is 17.0 Å². The summed E-state index contributed by atoms with van der Waals surface area (Å²) >= 11 is 3.43. The molecular formula is C25H18BrNO3. The third-order valence-electron chi connectivity index (χ3n) is 5.57. The highest BCUT2D eigenvalue weighted by atomic mass is 79.9. The molecule has 4 aromatic rings. The average molecular weight is 460 g/mol. The summed E-state index contributed by atoms with van der Waals surface area (Å²) in [5, 5.41) is 0.459. The fourth-order valence-corrected chi connectivity index (χ4v) is 4.41. The van der Waals surface area contributed by atoms with E-state index in [0.29, 0.717) is 16.5 Å². The smallest absolute Gasteiger partial charge is 0.295 e. The van der Waals surface area contributed by atoms with Gasteiger partial charge in [0, 0.05) is 10.2 Å². The summed E-state index contributed by atoms with van der Waals surface area (Å²) in [4.78, 5) is 28.7. The molecule has 0 radical (unpaired) electrons. The zero-order chi connectivity index (χ0) is 20.8. The number of aryl methyl sites for hydroxylation is 1. The summed E-state index contributed by atoms with van der Waals surface area (Å²) in [6.45, 7) is 2.10. The molecule has 0 spiro atoms. The average Bonchev–Trinajstić information content (AvgIpc) is 3.07. The van der Waals surface area contributed by atoms with E-state index in [9.17, 15) is 9.59 Å². The van der Waals surface area contributed by atoms with Gasteiger partial charge in [0.1, 0.15) is 5.58 Å². The number of benzene rings is 3. The summed E-state index contributed by atoms with van der Waals surface area (Å²) in [6, 6.07) is 22.2. The van der Waals surface area contributed by atoms with Crippen LogP contribution in [0.3, 0.4) is 0 Å². The van der Waals surface area contributed by atoms with E-state index in [-0.39, 0.29) is 17.1 Å². The molecule has 0 saturated heterocycles. The summed E-state index contributed by atoms with van der Waals surface area (Å²) in [7, 11) is 0. The first kappa shape index (κ1) is 18.8. The predicted molar refractivity (Wildman–Crippen MR) is 121 cm³/mol. The largest absolute Gasteiger partial charge is 0.450 e. The molecule has 1 unspecified atom stereocenters. The van der Waals surface area contributed by atoms with Crippen LogP contribution in [-0.4, -0.2) is 5.91 Å². The maximum Gasteiger partial charge on any atom is 0.295 e. The van der Waals surface area contributed by atoms with Gasteiger partial charge in [0.25, 0.3) is 5.91 Å². The van der Waals surface area contributed by atoms with Crippen molar-refractivity contribution in [3.8, 4) is 0 Å². The quantitative estimate of drug-likeness (QED) is 0.385. The molecule has 1 amide bonds. The molecular weight excluding hydrogens is 442 g/mol. The number of hydrogen-bond donors (Lipinski definition) is 0. The van der Waals surface area contributed by atoms with Crippen LogP contribution in [0.4, 0.5) is 5.69 Å². The van der Waals surface area contributed by atoms with Crippen molar-refractivity contribution in [1.29, 1.82) is 0 Å². The topological polar surface area (TPSA) is 50.5 Å². The number of amides is 1. The Hall–Kier alpha value is -3.18. The zero-order valence-corrected chi connectivity index (χ0v) is 17.8. The fraction of sp³-hybridized carbons (Fsp3) is 0.120. The molecule has 0 aliphatic carbocycles. The third kappa shape index (κ3) is 2.89. The van der Waals surface area contributed by atoms with E-state index in [1.54, 1.807) is 23.1 Å². The number of carbonyl (C=O) groups excluding carboxylic acids is 1. The van der Waals surface area contributed by atoms with E-state index >= 15 is 0 Å². The van der Waals surface area contributed by atoms with Crippen molar-refractivity contribution in [2.45, 2.75) is 19.4 Å². The molecule has 3 aromatic carbocycles. The molecule has 1 atom stereocenters. The number of rotatable bonds is 3. The summed E-state index contributed by atoms with van der Waals surface area (Å²) in [5.41, 5.74) is 3.42. The number of hydrogen-bond acceptors (Lipinski definition) is 3. The van der Waals surface area contributed by atoms with E-state index in [0.717, 1.165) is 22.1 Å². The first-order chi connectivity index (χ1) is 14.6. The van der Waals surface area contributed by atoms with Crippen LogP contribution in [0.2, 0.25) is 0 Å². The molecule has 30 heavy (non-hydrogen) atoms. The van der Waals surface area contributed by atoms with Gasteiger partial charge in [0.15, 0.2) is 5.43 Å². The normalized spacial score (nSPS) is 15.6. The van der Waals surface area contributed by atoms with Crippen LogP contribution in [0.25, 0.3) is 11.0 Å². The molecule has 0 bridgehead atoms. The Morgan fingerprint density at radius 1 is 0.967 bits per heavy atom. The van der Waals surface area contributed by atoms with Crippen molar-refractivity contribution >= 4 is 38.5 Å². The second-order valence-electron chi connectivity index (χ2n) is 7.32. The lowest BCUT2D eigenvalue weighted by molar-refractivity contribution is 0.0971. The summed E-state index contributed by atoms with van der Waals surface area (Å²) in [5.74, 6) is -0.189. The van der Waals surface area contributed by atoms with Gasteiger partial charge in [-0.1, -0.05) is 65.3 Å². The monoisotopic (exact) mass is 459 g/mol. The Balaban J connectivity index is 1.80. The van der Waals surface area contributed by atoms with Gasteiger partial charge in [-0.3, -0.25) is 14.5 Å². The highest BCUT2D eigenvalue weighted by molar-refractivity contribution is 9.10. The van der Waals surface area contributed by atoms with Gasteiger partial charge in [-0.25, -0.2) is 0 Å². The van der Waals surface area contributed by atoms with Crippen molar-refractivity contribution in [2.24, 2.45) is 0 Å². The predicted octanol–water partition coefficient (Wildman–Crippen LogP) is 5.87. The molecule has 4 nitrogen and oxygen atoms in total. The van der Waals surface area contributed by atoms with Gasteiger partial charge in [0.2, 0.25) is 5.76 Å². The van der Waals surface area contributed by atoms with Crippen LogP contribution in [0.5, 0.6) is 0 Å². The maximum atomic E-state index is 13.5. The Labute approximate surface area is 181 Å². The van der Waals surface area contributed by atoms with Crippen LogP contribution in [0, 0.1) is 0 Å². The molecule has 0 saturated carbocycles. The van der Waals surface area contributed by atoms with Crippen molar-refractivity contribution in [3.63, 3.8) is 0 Å². The van der Waals surface area contributed by atoms with Crippen LogP contribution in [0.15, 0.2) is 86.5 Å². The number of fused-ring (bicyclic) bond motifs is 2. The highest BCUT2D eigenvalue weighted by Gasteiger charge is 2.43. The van der Waals surface area contributed by atoms with Gasteiger partial charge in [-0.05, 0) is 47.9 Å². The molecule has 5 rings (SSSR count). The molecule has 148 valence electrons. The zero-order valence-electron chi connectivity index (χ0n) is 16.3. The van der Waals surface area contributed by atoms with E-state index in [2.05, 4.69) is 22.9 Å². The minimum atomic E-state index is -0.541. The van der Waals surface area contributed by atoms with Crippen molar-refractivity contribution in [2.75, 3.05) is 4.90 Å². The van der Waals surface area contributed by atoms with Crippen molar-refractivity contribution in [3.05, 3.63) is 110 Å². The third-order valence-corrected chi connectivity index (χ3v) is 6.06. The van der Waals surface area contributed by atoms with Gasteiger partial charge in [-0.15, -0.1) is 0 Å². The second-order valence-corrected chi connectivity index (χ2v) is 8.24. The van der Waals surface area contributed by atoms with Crippen molar-refractivity contribution < 1.29 is 9.21 Å². The Bertz CT molecular complexity index is 1330. The van der Waals surface area contributed by atoms with E-state index < -0.39 is 6.04 Å². The first-order valence-corrected chi connectivity index (χ1v) is 10.6. The van der Waals surface area contributed by atoms with Gasteiger partial charge < -0.3 is 4.42 Å². The van der Waals surface area contributed by atoms with Crippen LogP contribution in [0.1, 0.15) is 40.2 Å². The molecule has 1 aliphatic heterocycles. The summed E-state index contributed by atoms with van der Waals surface area (Å²) < 4.78 is 6.78. The maximum absolute atomic E-state index is 13.5. The van der Waals surface area contributed by atoms with Crippen LogP contribution >= 0.6 is 15.9 Å². The van der Waals surface area contributed by atoms with E-state index in [4.69, 9.17) is 4.42 Å². The molecule has 2 heterocycles. The SMILES string of the molecule is CCc1ccc(C2c3c(oc4ccc(Br)cc4c3=O)C(=O)N2c2ccccc2)cc1. The van der Waals surface area contributed by atoms with E-state index in [1.165, 1.54) is 5.56 Å². The Morgan fingerprint density at radius 3 is 2.40 bits per heavy atom. The Morgan fingerprint density at radius 2 is 1.70 bits per heavy atom. The van der Waals surface area contributed by atoms with Gasteiger partial charge in [-0.2, -0.15) is 0 Å². The molecule has 1 aromatic heterocycles. The number of halogens is 1. The minimum Gasteiger partial charge on any atom is -0.450 e. The molecule has 1 aliphatic rings. The van der Waals surface area contributed by atoms with Crippen molar-refractivity contribution in [1.82, 2.24) is 0 Å². The first-order valence-electron chi connectivity index (χ1n) is 9.82. The van der Waals surface area contributed by atoms with Gasteiger partial charge >= 0.3 is 0 Å². The summed E-state index contributed by atoms with van der Waals surface area (Å²) in [6.07, 6.45) is 0.920. The molecule has 0 N–H and O–H groups in total. The number of nitrogens with zero attached hydrogens (tertiary/aromatic N) is 1. The fourth-order valence-electron chi connectivity index (χ4n) is 4.05. The lowest BCUT2D eigenvalue weighted by Crippen LogP contribution is -2.29. The number of para-hydroxylation sites is 1. The lowest BCUT2D eigenvalue weighted by Gasteiger charge is -2.25. The highest BCUT2D eigenvalue weighted by Crippen LogP contribution is 2.41. The molecule has 5 heteroatoms. The second kappa shape index (κ2) is 7.26. The van der Waals surface area contributed by atoms with Crippen LogP contribution < -0.4 is 10.3 Å². The Kier molecular flexibility index (Phi) is 4.55.